The fraction of sp³-hybridized carbons (Fsp3) is 0.111. The van der Waals surface area contributed by atoms with E-state index in [2.05, 4.69) is 26.1 Å². The number of hydrogen-bond acceptors (Lipinski definition) is 3. The van der Waals surface area contributed by atoms with Gasteiger partial charge in [-0.25, -0.2) is 4.79 Å². The van der Waals surface area contributed by atoms with Crippen LogP contribution in [-0.4, -0.2) is 16.2 Å². The quantitative estimate of drug-likeness (QED) is 0.574. The molecule has 0 spiro atoms. The smallest absolute Gasteiger partial charge is 0.323 e. The van der Waals surface area contributed by atoms with Crippen molar-refractivity contribution in [2.24, 2.45) is 0 Å². The lowest BCUT2D eigenvalue weighted by Gasteiger charge is -2.11. The molecule has 0 radical (unpaired) electrons. The molecule has 0 unspecified atom stereocenters. The lowest BCUT2D eigenvalue weighted by atomic mass is 10.2. The maximum absolute atomic E-state index is 12.1. The van der Waals surface area contributed by atoms with Crippen molar-refractivity contribution in [1.29, 1.82) is 0 Å². The summed E-state index contributed by atoms with van der Waals surface area (Å²) in [6, 6.07) is 15.1. The third kappa shape index (κ3) is 4.13. The second-order valence-corrected chi connectivity index (χ2v) is 5.43. The SMILES string of the molecule is Cc1ccccc1NC(=O)Nc1cccc(CNc2cn[nH]c2)c1. The standard InChI is InChI=1S/C18H19N5O/c1-13-5-2-3-8-17(13)23-18(24)22-15-7-4-6-14(9-15)10-19-16-11-20-21-12-16/h2-9,11-12,19H,10H2,1H3,(H,20,21)(H2,22,23,24). The Hall–Kier alpha value is -3.28. The van der Waals surface area contributed by atoms with Gasteiger partial charge in [-0.2, -0.15) is 5.10 Å². The van der Waals surface area contributed by atoms with Gasteiger partial charge in [-0.15, -0.1) is 0 Å². The van der Waals surface area contributed by atoms with Crippen LogP contribution in [0.25, 0.3) is 0 Å². The van der Waals surface area contributed by atoms with Crippen LogP contribution in [0.3, 0.4) is 0 Å². The summed E-state index contributed by atoms with van der Waals surface area (Å²) in [7, 11) is 0. The van der Waals surface area contributed by atoms with Crippen molar-refractivity contribution in [1.82, 2.24) is 10.2 Å². The topological polar surface area (TPSA) is 81.8 Å². The van der Waals surface area contributed by atoms with E-state index in [4.69, 9.17) is 0 Å². The molecule has 3 aromatic rings. The van der Waals surface area contributed by atoms with Crippen LogP contribution in [0.2, 0.25) is 0 Å². The van der Waals surface area contributed by atoms with Crippen molar-refractivity contribution in [3.05, 3.63) is 72.1 Å². The van der Waals surface area contributed by atoms with Gasteiger partial charge in [-0.05, 0) is 36.2 Å². The van der Waals surface area contributed by atoms with E-state index in [1.54, 1.807) is 12.4 Å². The number of carbonyl (C=O) groups is 1. The number of anilines is 3. The first-order valence-corrected chi connectivity index (χ1v) is 7.66. The van der Waals surface area contributed by atoms with Crippen LogP contribution in [0, 0.1) is 6.92 Å². The highest BCUT2D eigenvalue weighted by atomic mass is 16.2. The van der Waals surface area contributed by atoms with Crippen molar-refractivity contribution in [3.63, 3.8) is 0 Å². The van der Waals surface area contributed by atoms with E-state index >= 15 is 0 Å². The zero-order chi connectivity index (χ0) is 16.8. The fourth-order valence-electron chi connectivity index (χ4n) is 2.31. The average molecular weight is 321 g/mol. The maximum atomic E-state index is 12.1. The predicted octanol–water partition coefficient (Wildman–Crippen LogP) is 3.97. The highest BCUT2D eigenvalue weighted by molar-refractivity contribution is 6.00. The van der Waals surface area contributed by atoms with Crippen LogP contribution >= 0.6 is 0 Å². The fourth-order valence-corrected chi connectivity index (χ4v) is 2.31. The molecule has 4 N–H and O–H groups in total. The van der Waals surface area contributed by atoms with Crippen LogP contribution in [0.1, 0.15) is 11.1 Å². The molecule has 0 aliphatic carbocycles. The Morgan fingerprint density at radius 2 is 1.96 bits per heavy atom. The molecular formula is C18H19N5O. The number of rotatable bonds is 5. The molecule has 122 valence electrons. The number of aryl methyl sites for hydroxylation is 1. The lowest BCUT2D eigenvalue weighted by molar-refractivity contribution is 0.262. The molecule has 1 heterocycles. The van der Waals surface area contributed by atoms with Crippen LogP contribution in [-0.2, 0) is 6.54 Å². The number of nitrogens with one attached hydrogen (secondary N) is 4. The molecule has 0 atom stereocenters. The van der Waals surface area contributed by atoms with Crippen molar-refractivity contribution >= 4 is 23.1 Å². The molecule has 0 aliphatic rings. The zero-order valence-corrected chi connectivity index (χ0v) is 13.3. The predicted molar refractivity (Wildman–Crippen MR) is 96.2 cm³/mol. The molecule has 0 saturated carbocycles. The summed E-state index contributed by atoms with van der Waals surface area (Å²) in [6.45, 7) is 2.60. The number of benzene rings is 2. The molecule has 1 aromatic heterocycles. The van der Waals surface area contributed by atoms with Gasteiger partial charge < -0.3 is 16.0 Å². The second kappa shape index (κ2) is 7.32. The van der Waals surface area contributed by atoms with Gasteiger partial charge in [0.1, 0.15) is 0 Å². The van der Waals surface area contributed by atoms with Crippen molar-refractivity contribution < 1.29 is 4.79 Å². The van der Waals surface area contributed by atoms with Crippen LogP contribution < -0.4 is 16.0 Å². The number of hydrogen-bond donors (Lipinski definition) is 4. The molecule has 6 heteroatoms. The summed E-state index contributed by atoms with van der Waals surface area (Å²) in [4.78, 5) is 12.1. The number of para-hydroxylation sites is 1. The normalized spacial score (nSPS) is 10.2. The van der Waals surface area contributed by atoms with Gasteiger partial charge >= 0.3 is 6.03 Å². The Bertz CT molecular complexity index is 814. The van der Waals surface area contributed by atoms with E-state index in [1.165, 1.54) is 0 Å². The van der Waals surface area contributed by atoms with E-state index in [-0.39, 0.29) is 6.03 Å². The number of amides is 2. The van der Waals surface area contributed by atoms with Crippen molar-refractivity contribution in [2.75, 3.05) is 16.0 Å². The Labute approximate surface area is 140 Å². The Morgan fingerprint density at radius 3 is 2.75 bits per heavy atom. The Morgan fingerprint density at radius 1 is 1.08 bits per heavy atom. The van der Waals surface area contributed by atoms with Gasteiger partial charge in [0.05, 0.1) is 11.9 Å². The largest absolute Gasteiger partial charge is 0.378 e. The molecule has 2 aromatic carbocycles. The molecule has 2 amide bonds. The first-order chi connectivity index (χ1) is 11.7. The van der Waals surface area contributed by atoms with E-state index in [9.17, 15) is 4.79 Å². The summed E-state index contributed by atoms with van der Waals surface area (Å²) in [5.41, 5.74) is 4.54. The minimum Gasteiger partial charge on any atom is -0.378 e. The van der Waals surface area contributed by atoms with Crippen molar-refractivity contribution in [2.45, 2.75) is 13.5 Å². The van der Waals surface area contributed by atoms with Gasteiger partial charge in [0.15, 0.2) is 0 Å². The highest BCUT2D eigenvalue weighted by Crippen LogP contribution is 2.15. The van der Waals surface area contributed by atoms with Gasteiger partial charge in [0, 0.05) is 24.1 Å². The summed E-state index contributed by atoms with van der Waals surface area (Å²) < 4.78 is 0. The van der Waals surface area contributed by atoms with Crippen LogP contribution in [0.15, 0.2) is 60.9 Å². The number of carbonyl (C=O) groups excluding carboxylic acids is 1. The third-order valence-corrected chi connectivity index (χ3v) is 3.57. The lowest BCUT2D eigenvalue weighted by Crippen LogP contribution is -2.20. The Kier molecular flexibility index (Phi) is 4.76. The van der Waals surface area contributed by atoms with Crippen LogP contribution in [0.4, 0.5) is 21.9 Å². The molecule has 3 rings (SSSR count). The van der Waals surface area contributed by atoms with Gasteiger partial charge in [-0.1, -0.05) is 30.3 Å². The molecule has 0 bridgehead atoms. The minimum absolute atomic E-state index is 0.260. The number of urea groups is 1. The van der Waals surface area contributed by atoms with E-state index < -0.39 is 0 Å². The number of nitrogens with zero attached hydrogens (tertiary/aromatic N) is 1. The Balaban J connectivity index is 1.59. The molecule has 0 fully saturated rings. The summed E-state index contributed by atoms with van der Waals surface area (Å²) >= 11 is 0. The maximum Gasteiger partial charge on any atom is 0.323 e. The molecule has 0 saturated heterocycles. The van der Waals surface area contributed by atoms with Gasteiger partial charge in [0.2, 0.25) is 0 Å². The molecular weight excluding hydrogens is 302 g/mol. The summed E-state index contributed by atoms with van der Waals surface area (Å²) in [6.07, 6.45) is 3.51. The summed E-state index contributed by atoms with van der Waals surface area (Å²) in [5.74, 6) is 0. The van der Waals surface area contributed by atoms with Crippen LogP contribution in [0.5, 0.6) is 0 Å². The molecule has 0 aliphatic heterocycles. The van der Waals surface area contributed by atoms with Gasteiger partial charge in [0.25, 0.3) is 0 Å². The molecule has 24 heavy (non-hydrogen) atoms. The van der Waals surface area contributed by atoms with Gasteiger partial charge in [-0.3, -0.25) is 5.10 Å². The average Bonchev–Trinajstić information content (AvgIpc) is 3.09. The second-order valence-electron chi connectivity index (χ2n) is 5.43. The highest BCUT2D eigenvalue weighted by Gasteiger charge is 2.05. The van der Waals surface area contributed by atoms with Crippen molar-refractivity contribution in [3.8, 4) is 0 Å². The van der Waals surface area contributed by atoms with E-state index in [1.807, 2.05) is 55.5 Å². The number of aromatic amines is 1. The number of aromatic nitrogens is 2. The monoisotopic (exact) mass is 321 g/mol. The third-order valence-electron chi connectivity index (χ3n) is 3.57. The summed E-state index contributed by atoms with van der Waals surface area (Å²) in [5, 5.41) is 15.6. The number of H-pyrrole nitrogens is 1. The first-order valence-electron chi connectivity index (χ1n) is 7.66. The van der Waals surface area contributed by atoms with E-state index in [0.717, 1.165) is 28.2 Å². The zero-order valence-electron chi connectivity index (χ0n) is 13.3. The molecule has 6 nitrogen and oxygen atoms in total. The first kappa shape index (κ1) is 15.6. The van der Waals surface area contributed by atoms with E-state index in [0.29, 0.717) is 6.54 Å². The minimum atomic E-state index is -0.260.